The maximum absolute atomic E-state index is 13.0. The maximum atomic E-state index is 13.0. The van der Waals surface area contributed by atoms with Gasteiger partial charge in [0, 0.05) is 6.54 Å². The first-order valence-corrected chi connectivity index (χ1v) is 11.4. The van der Waals surface area contributed by atoms with Gasteiger partial charge in [0.15, 0.2) is 0 Å². The Labute approximate surface area is 188 Å². The number of fused-ring (bicyclic) bond motifs is 1. The molecule has 0 aliphatic carbocycles. The number of nitrogens with one attached hydrogen (secondary N) is 1. The Morgan fingerprint density at radius 3 is 2.58 bits per heavy atom. The monoisotopic (exact) mass is 451 g/mol. The van der Waals surface area contributed by atoms with E-state index in [9.17, 15) is 9.59 Å². The van der Waals surface area contributed by atoms with E-state index in [1.54, 1.807) is 36.6 Å². The minimum atomic E-state index is -0.275. The smallest absolute Gasteiger partial charge is 0.264 e. The number of ether oxygens (including phenoxy) is 1. The second kappa shape index (κ2) is 9.28. The fourth-order valence-electron chi connectivity index (χ4n) is 3.14. The van der Waals surface area contributed by atoms with Crippen molar-refractivity contribution in [3.63, 3.8) is 0 Å². The van der Waals surface area contributed by atoms with Gasteiger partial charge in [0.2, 0.25) is 5.91 Å². The number of hydrogen-bond donors (Lipinski definition) is 1. The summed E-state index contributed by atoms with van der Waals surface area (Å²) in [5.74, 6) is 0.127. The second-order valence-electron chi connectivity index (χ2n) is 6.72. The van der Waals surface area contributed by atoms with Gasteiger partial charge in [-0.3, -0.25) is 9.59 Å². The number of thiophene rings is 1. The highest BCUT2D eigenvalue weighted by atomic mass is 32.1. The van der Waals surface area contributed by atoms with E-state index in [2.05, 4.69) is 10.3 Å². The normalized spacial score (nSPS) is 10.8. The Hall–Kier alpha value is -3.23. The lowest BCUT2D eigenvalue weighted by Crippen LogP contribution is -2.37. The van der Waals surface area contributed by atoms with Gasteiger partial charge in [0.25, 0.3) is 5.91 Å². The number of rotatable bonds is 7. The van der Waals surface area contributed by atoms with Gasteiger partial charge in [-0.15, -0.1) is 22.7 Å². The third-order valence-corrected chi connectivity index (χ3v) is 6.98. The molecule has 0 saturated heterocycles. The van der Waals surface area contributed by atoms with Crippen molar-refractivity contribution in [2.75, 3.05) is 25.5 Å². The first-order chi connectivity index (χ1) is 15.1. The fraction of sp³-hybridized carbons (Fsp3) is 0.174. The third kappa shape index (κ3) is 4.60. The second-order valence-corrected chi connectivity index (χ2v) is 8.83. The number of likely N-dealkylation sites (N-methyl/N-ethyl adjacent to an activating group) is 1. The molecule has 4 rings (SSSR count). The van der Waals surface area contributed by atoms with Crippen molar-refractivity contribution in [1.29, 1.82) is 0 Å². The first-order valence-electron chi connectivity index (χ1n) is 9.77. The largest absolute Gasteiger partial charge is 0.495 e. The van der Waals surface area contributed by atoms with Crippen LogP contribution in [0, 0.1) is 0 Å². The summed E-state index contributed by atoms with van der Waals surface area (Å²) in [4.78, 5) is 33.3. The molecule has 0 bridgehead atoms. The summed E-state index contributed by atoms with van der Waals surface area (Å²) in [6.45, 7) is 2.24. The Bertz CT molecular complexity index is 1200. The van der Waals surface area contributed by atoms with E-state index in [-0.39, 0.29) is 18.4 Å². The molecule has 4 aromatic rings. The zero-order valence-corrected chi connectivity index (χ0v) is 18.8. The van der Waals surface area contributed by atoms with Crippen molar-refractivity contribution in [1.82, 2.24) is 9.88 Å². The van der Waals surface area contributed by atoms with Gasteiger partial charge in [0.05, 0.1) is 32.8 Å². The number of thiazole rings is 1. The van der Waals surface area contributed by atoms with Gasteiger partial charge in [-0.25, -0.2) is 4.98 Å². The van der Waals surface area contributed by atoms with Crippen LogP contribution in [0.15, 0.2) is 60.7 Å². The topological polar surface area (TPSA) is 71.5 Å². The number of carbonyl (C=O) groups excluding carboxylic acids is 2. The first kappa shape index (κ1) is 21.0. The van der Waals surface area contributed by atoms with Crippen molar-refractivity contribution in [3.05, 3.63) is 65.5 Å². The summed E-state index contributed by atoms with van der Waals surface area (Å²) in [5, 5.41) is 3.71. The van der Waals surface area contributed by atoms with Gasteiger partial charge in [-0.1, -0.05) is 24.3 Å². The number of methoxy groups -OCH3 is 1. The SMILES string of the molecule is CCN(CC(=O)Nc1ccccc1OC)C(=O)c1ccc(-c2nc3ccccc3s2)s1. The van der Waals surface area contributed by atoms with Crippen LogP contribution in [-0.2, 0) is 4.79 Å². The van der Waals surface area contributed by atoms with E-state index in [1.165, 1.54) is 16.2 Å². The van der Waals surface area contributed by atoms with Gasteiger partial charge < -0.3 is 15.0 Å². The zero-order chi connectivity index (χ0) is 21.8. The molecule has 0 unspecified atom stereocenters. The molecule has 2 heterocycles. The van der Waals surface area contributed by atoms with Crippen molar-refractivity contribution >= 4 is 50.4 Å². The van der Waals surface area contributed by atoms with Crippen LogP contribution < -0.4 is 10.1 Å². The van der Waals surface area contributed by atoms with E-state index in [0.717, 1.165) is 20.1 Å². The third-order valence-electron chi connectivity index (χ3n) is 4.71. The number of benzene rings is 2. The molecule has 2 aromatic heterocycles. The molecule has 0 fully saturated rings. The number of hydrogen-bond acceptors (Lipinski definition) is 6. The van der Waals surface area contributed by atoms with Crippen molar-refractivity contribution < 1.29 is 14.3 Å². The standard InChI is InChI=1S/C23H21N3O3S2/c1-3-26(14-21(27)24-15-8-4-6-10-17(15)29-2)23(28)20-13-12-19(30-20)22-25-16-9-5-7-11-18(16)31-22/h4-13H,3,14H2,1-2H3,(H,24,27). The quantitative estimate of drug-likeness (QED) is 0.423. The maximum Gasteiger partial charge on any atom is 0.264 e. The molecule has 0 saturated carbocycles. The summed E-state index contributed by atoms with van der Waals surface area (Å²) in [7, 11) is 1.55. The molecular formula is C23H21N3O3S2. The van der Waals surface area contributed by atoms with Crippen LogP contribution in [-0.4, -0.2) is 41.9 Å². The highest BCUT2D eigenvalue weighted by Crippen LogP contribution is 2.34. The van der Waals surface area contributed by atoms with Crippen LogP contribution >= 0.6 is 22.7 Å². The molecule has 31 heavy (non-hydrogen) atoms. The fourth-order valence-corrected chi connectivity index (χ4v) is 5.13. The lowest BCUT2D eigenvalue weighted by molar-refractivity contribution is -0.116. The molecule has 0 spiro atoms. The minimum absolute atomic E-state index is 0.0399. The van der Waals surface area contributed by atoms with Crippen LogP contribution in [0.4, 0.5) is 5.69 Å². The van der Waals surface area contributed by atoms with Crippen molar-refractivity contribution in [2.45, 2.75) is 6.92 Å². The molecule has 8 heteroatoms. The van der Waals surface area contributed by atoms with E-state index >= 15 is 0 Å². The molecule has 158 valence electrons. The number of nitrogens with zero attached hydrogens (tertiary/aromatic N) is 2. The summed E-state index contributed by atoms with van der Waals surface area (Å²) in [6, 6.07) is 18.9. The Balaban J connectivity index is 1.47. The van der Waals surface area contributed by atoms with Crippen LogP contribution in [0.2, 0.25) is 0 Å². The van der Waals surface area contributed by atoms with Gasteiger partial charge in [-0.05, 0) is 43.3 Å². The molecule has 0 aliphatic rings. The number of carbonyl (C=O) groups is 2. The highest BCUT2D eigenvalue weighted by molar-refractivity contribution is 7.26. The minimum Gasteiger partial charge on any atom is -0.495 e. The molecule has 6 nitrogen and oxygen atoms in total. The lowest BCUT2D eigenvalue weighted by Gasteiger charge is -2.20. The Kier molecular flexibility index (Phi) is 6.29. The summed E-state index contributed by atoms with van der Waals surface area (Å²) < 4.78 is 6.38. The van der Waals surface area contributed by atoms with Gasteiger partial charge >= 0.3 is 0 Å². The molecule has 2 aromatic carbocycles. The van der Waals surface area contributed by atoms with Crippen molar-refractivity contribution in [2.24, 2.45) is 0 Å². The predicted octanol–water partition coefficient (Wildman–Crippen LogP) is 5.13. The number of para-hydroxylation sites is 3. The number of anilines is 1. The predicted molar refractivity (Wildman–Crippen MR) is 126 cm³/mol. The van der Waals surface area contributed by atoms with E-state index in [1.807, 2.05) is 49.4 Å². The average Bonchev–Trinajstić information content (AvgIpc) is 3.44. The zero-order valence-electron chi connectivity index (χ0n) is 17.1. The summed E-state index contributed by atoms with van der Waals surface area (Å²) in [6.07, 6.45) is 0. The van der Waals surface area contributed by atoms with Crippen molar-refractivity contribution in [3.8, 4) is 15.6 Å². The summed E-state index contributed by atoms with van der Waals surface area (Å²) >= 11 is 3.00. The molecular weight excluding hydrogens is 430 g/mol. The van der Waals surface area contributed by atoms with E-state index in [4.69, 9.17) is 4.74 Å². The van der Waals surface area contributed by atoms with Crippen LogP contribution in [0.5, 0.6) is 5.75 Å². The van der Waals surface area contributed by atoms with Gasteiger partial charge in [0.1, 0.15) is 17.3 Å². The molecule has 2 amide bonds. The van der Waals surface area contributed by atoms with Crippen LogP contribution in [0.25, 0.3) is 20.1 Å². The molecule has 0 radical (unpaired) electrons. The average molecular weight is 452 g/mol. The highest BCUT2D eigenvalue weighted by Gasteiger charge is 2.21. The number of amides is 2. The van der Waals surface area contributed by atoms with E-state index < -0.39 is 0 Å². The van der Waals surface area contributed by atoms with E-state index in [0.29, 0.717) is 22.9 Å². The van der Waals surface area contributed by atoms with Crippen LogP contribution in [0.3, 0.4) is 0 Å². The Morgan fingerprint density at radius 1 is 1.03 bits per heavy atom. The Morgan fingerprint density at radius 2 is 1.81 bits per heavy atom. The molecule has 0 atom stereocenters. The summed E-state index contributed by atoms with van der Waals surface area (Å²) in [5.41, 5.74) is 1.53. The molecule has 1 N–H and O–H groups in total. The van der Waals surface area contributed by atoms with Crippen LogP contribution in [0.1, 0.15) is 16.6 Å². The van der Waals surface area contributed by atoms with Gasteiger partial charge in [-0.2, -0.15) is 0 Å². The lowest BCUT2D eigenvalue weighted by atomic mass is 10.3. The number of aromatic nitrogens is 1. The molecule has 0 aliphatic heterocycles.